The average molecular weight is 241 g/mol. The monoisotopic (exact) mass is 241 g/mol. The Labute approximate surface area is 105 Å². The third-order valence-corrected chi connectivity index (χ3v) is 4.21. The van der Waals surface area contributed by atoms with Gasteiger partial charge in [0.2, 0.25) is 0 Å². The largest absolute Gasteiger partial charge is 0.381 e. The van der Waals surface area contributed by atoms with Crippen molar-refractivity contribution in [1.29, 1.82) is 0 Å². The van der Waals surface area contributed by atoms with Gasteiger partial charge >= 0.3 is 0 Å². The molecule has 2 unspecified atom stereocenters. The first-order chi connectivity index (χ1) is 8.40. The molecule has 100 valence electrons. The zero-order valence-electron chi connectivity index (χ0n) is 11.1. The lowest BCUT2D eigenvalue weighted by Gasteiger charge is -2.28. The molecule has 0 amide bonds. The highest BCUT2D eigenvalue weighted by molar-refractivity contribution is 4.79. The number of ether oxygens (including phenoxy) is 2. The molecule has 1 saturated carbocycles. The number of rotatable bonds is 4. The number of hydrogen-bond donors (Lipinski definition) is 1. The summed E-state index contributed by atoms with van der Waals surface area (Å²) in [6.45, 7) is 2.79. The molecule has 1 aliphatic heterocycles. The van der Waals surface area contributed by atoms with E-state index in [1.165, 1.54) is 44.9 Å². The van der Waals surface area contributed by atoms with Crippen LogP contribution >= 0.6 is 0 Å². The normalized spacial score (nSPS) is 32.3. The van der Waals surface area contributed by atoms with Crippen molar-refractivity contribution in [3.05, 3.63) is 0 Å². The Balaban J connectivity index is 1.74. The lowest BCUT2D eigenvalue weighted by Crippen LogP contribution is -2.39. The van der Waals surface area contributed by atoms with Gasteiger partial charge in [-0.15, -0.1) is 0 Å². The molecule has 2 atom stereocenters. The van der Waals surface area contributed by atoms with Gasteiger partial charge in [-0.25, -0.2) is 0 Å². The van der Waals surface area contributed by atoms with Crippen LogP contribution in [0.15, 0.2) is 0 Å². The van der Waals surface area contributed by atoms with Gasteiger partial charge < -0.3 is 14.8 Å². The van der Waals surface area contributed by atoms with Crippen LogP contribution in [-0.2, 0) is 9.47 Å². The van der Waals surface area contributed by atoms with Crippen LogP contribution in [0.2, 0.25) is 0 Å². The Hall–Kier alpha value is -0.120. The molecule has 1 aliphatic carbocycles. The fourth-order valence-corrected chi connectivity index (χ4v) is 2.98. The van der Waals surface area contributed by atoms with Crippen LogP contribution in [0.5, 0.6) is 0 Å². The van der Waals surface area contributed by atoms with E-state index in [2.05, 4.69) is 12.4 Å². The second-order valence-corrected chi connectivity index (χ2v) is 5.46. The molecule has 0 aromatic rings. The summed E-state index contributed by atoms with van der Waals surface area (Å²) in [4.78, 5) is 0. The summed E-state index contributed by atoms with van der Waals surface area (Å²) < 4.78 is 11.6. The maximum absolute atomic E-state index is 6.19. The standard InChI is InChI=1S/C14H27NO2/c1-15-13-5-3-2-4-6-14(13)17-11-12-7-9-16-10-8-12/h12-15H,2-11H2,1H3. The minimum Gasteiger partial charge on any atom is -0.381 e. The minimum atomic E-state index is 0.436. The number of likely N-dealkylation sites (N-methyl/N-ethyl adjacent to an activating group) is 1. The van der Waals surface area contributed by atoms with Crippen molar-refractivity contribution in [2.75, 3.05) is 26.9 Å². The molecular weight excluding hydrogens is 214 g/mol. The van der Waals surface area contributed by atoms with Crippen molar-refractivity contribution in [3.63, 3.8) is 0 Å². The summed E-state index contributed by atoms with van der Waals surface area (Å²) in [5.41, 5.74) is 0. The molecule has 1 N–H and O–H groups in total. The third kappa shape index (κ3) is 4.23. The average Bonchev–Trinajstić information content (AvgIpc) is 2.62. The van der Waals surface area contributed by atoms with Gasteiger partial charge in [-0.05, 0) is 38.6 Å². The van der Waals surface area contributed by atoms with E-state index in [1.807, 2.05) is 0 Å². The fourth-order valence-electron chi connectivity index (χ4n) is 2.98. The number of hydrogen-bond acceptors (Lipinski definition) is 3. The molecule has 3 heteroatoms. The summed E-state index contributed by atoms with van der Waals surface area (Å²) in [5.74, 6) is 0.726. The quantitative estimate of drug-likeness (QED) is 0.766. The molecule has 0 spiro atoms. The maximum atomic E-state index is 6.19. The zero-order chi connectivity index (χ0) is 11.9. The fraction of sp³-hybridized carbons (Fsp3) is 1.00. The molecule has 0 aromatic carbocycles. The highest BCUT2D eigenvalue weighted by Crippen LogP contribution is 2.23. The van der Waals surface area contributed by atoms with Gasteiger partial charge in [0, 0.05) is 19.3 Å². The molecule has 1 saturated heterocycles. The summed E-state index contributed by atoms with van der Waals surface area (Å²) in [5, 5.41) is 3.43. The maximum Gasteiger partial charge on any atom is 0.0728 e. The molecule has 17 heavy (non-hydrogen) atoms. The van der Waals surface area contributed by atoms with Crippen LogP contribution in [0.1, 0.15) is 44.9 Å². The highest BCUT2D eigenvalue weighted by atomic mass is 16.5. The smallest absolute Gasteiger partial charge is 0.0728 e. The minimum absolute atomic E-state index is 0.436. The van der Waals surface area contributed by atoms with E-state index in [0.29, 0.717) is 12.1 Å². The lowest BCUT2D eigenvalue weighted by molar-refractivity contribution is -0.0254. The van der Waals surface area contributed by atoms with E-state index in [4.69, 9.17) is 9.47 Å². The van der Waals surface area contributed by atoms with E-state index in [9.17, 15) is 0 Å². The second-order valence-electron chi connectivity index (χ2n) is 5.46. The predicted molar refractivity (Wildman–Crippen MR) is 69.2 cm³/mol. The predicted octanol–water partition coefficient (Wildman–Crippen LogP) is 2.35. The number of nitrogens with one attached hydrogen (secondary N) is 1. The van der Waals surface area contributed by atoms with Crippen molar-refractivity contribution >= 4 is 0 Å². The van der Waals surface area contributed by atoms with Gasteiger partial charge in [0.1, 0.15) is 0 Å². The van der Waals surface area contributed by atoms with Crippen molar-refractivity contribution in [3.8, 4) is 0 Å². The highest BCUT2D eigenvalue weighted by Gasteiger charge is 2.24. The Kier molecular flexibility index (Phi) is 5.75. The van der Waals surface area contributed by atoms with Gasteiger partial charge in [-0.1, -0.05) is 19.3 Å². The van der Waals surface area contributed by atoms with Crippen LogP contribution in [0.25, 0.3) is 0 Å². The molecule has 0 radical (unpaired) electrons. The molecule has 0 bridgehead atoms. The third-order valence-electron chi connectivity index (χ3n) is 4.21. The summed E-state index contributed by atoms with van der Waals surface area (Å²) in [6, 6.07) is 0.567. The molecule has 1 heterocycles. The Morgan fingerprint density at radius 2 is 1.82 bits per heavy atom. The summed E-state index contributed by atoms with van der Waals surface area (Å²) >= 11 is 0. The molecule has 2 aliphatic rings. The van der Waals surface area contributed by atoms with Crippen molar-refractivity contribution in [2.45, 2.75) is 57.1 Å². The van der Waals surface area contributed by atoms with Crippen molar-refractivity contribution in [2.24, 2.45) is 5.92 Å². The summed E-state index contributed by atoms with van der Waals surface area (Å²) in [6.07, 6.45) is 9.34. The Bertz CT molecular complexity index is 204. The van der Waals surface area contributed by atoms with Gasteiger partial charge in [0.15, 0.2) is 0 Å². The van der Waals surface area contributed by atoms with E-state index in [1.54, 1.807) is 0 Å². The SMILES string of the molecule is CNC1CCCCCC1OCC1CCOCC1. The molecule has 0 aromatic heterocycles. The van der Waals surface area contributed by atoms with Crippen LogP contribution in [0, 0.1) is 5.92 Å². The Morgan fingerprint density at radius 1 is 1.06 bits per heavy atom. The van der Waals surface area contributed by atoms with Crippen LogP contribution in [-0.4, -0.2) is 39.0 Å². The van der Waals surface area contributed by atoms with Crippen molar-refractivity contribution < 1.29 is 9.47 Å². The molecule has 3 nitrogen and oxygen atoms in total. The van der Waals surface area contributed by atoms with Crippen molar-refractivity contribution in [1.82, 2.24) is 5.32 Å². The topological polar surface area (TPSA) is 30.5 Å². The van der Waals surface area contributed by atoms with E-state index in [0.717, 1.165) is 25.7 Å². The molecule has 2 rings (SSSR count). The van der Waals surface area contributed by atoms with Crippen LogP contribution in [0.4, 0.5) is 0 Å². The van der Waals surface area contributed by atoms with E-state index < -0.39 is 0 Å². The van der Waals surface area contributed by atoms with Gasteiger partial charge in [0.05, 0.1) is 12.7 Å². The first kappa shape index (κ1) is 13.3. The van der Waals surface area contributed by atoms with Gasteiger partial charge in [-0.2, -0.15) is 0 Å². The second kappa shape index (κ2) is 7.34. The Morgan fingerprint density at radius 3 is 2.59 bits per heavy atom. The van der Waals surface area contributed by atoms with E-state index >= 15 is 0 Å². The zero-order valence-corrected chi connectivity index (χ0v) is 11.1. The van der Waals surface area contributed by atoms with Gasteiger partial charge in [0.25, 0.3) is 0 Å². The molecule has 2 fully saturated rings. The first-order valence-corrected chi connectivity index (χ1v) is 7.26. The molecular formula is C14H27NO2. The van der Waals surface area contributed by atoms with Crippen LogP contribution < -0.4 is 5.32 Å². The van der Waals surface area contributed by atoms with Gasteiger partial charge in [-0.3, -0.25) is 0 Å². The summed E-state index contributed by atoms with van der Waals surface area (Å²) in [7, 11) is 2.07. The van der Waals surface area contributed by atoms with Crippen LogP contribution in [0.3, 0.4) is 0 Å². The first-order valence-electron chi connectivity index (χ1n) is 7.26. The van der Waals surface area contributed by atoms with E-state index in [-0.39, 0.29) is 0 Å². The lowest BCUT2D eigenvalue weighted by atomic mass is 10.0.